The van der Waals surface area contributed by atoms with Gasteiger partial charge in [0.25, 0.3) is 5.91 Å². The predicted molar refractivity (Wildman–Crippen MR) is 123 cm³/mol. The lowest BCUT2D eigenvalue weighted by atomic mass is 10.2. The highest BCUT2D eigenvalue weighted by atomic mass is 16.5. The first-order valence-electron chi connectivity index (χ1n) is 11.0. The summed E-state index contributed by atoms with van der Waals surface area (Å²) in [7, 11) is 0. The number of amides is 2. The zero-order chi connectivity index (χ0) is 22.8. The van der Waals surface area contributed by atoms with E-state index in [0.717, 1.165) is 43.9 Å². The topological polar surface area (TPSA) is 88.8 Å². The highest BCUT2D eigenvalue weighted by Crippen LogP contribution is 2.24. The second-order valence-corrected chi connectivity index (χ2v) is 7.36. The van der Waals surface area contributed by atoms with Crippen LogP contribution in [-0.4, -0.2) is 52.8 Å². The molecule has 0 aliphatic carbocycles. The first kappa shape index (κ1) is 24.2. The van der Waals surface area contributed by atoms with Gasteiger partial charge in [-0.1, -0.05) is 13.8 Å². The second kappa shape index (κ2) is 11.9. The standard InChI is InChI=1S/C16H17N3O2.C6H11NO.C2H6/c1-11-9-12(3-5-14(11)17)21-13-4-6-15(18-10-13)16(20)19-7-2-8-19;1-6(8)7-4-2-3-5-7;1-2/h3-6,9-10H,2,7-8,17H2,1H3;2-5H2,1H3;1-2H3. The van der Waals surface area contributed by atoms with Gasteiger partial charge in [0.15, 0.2) is 0 Å². The van der Waals surface area contributed by atoms with Crippen LogP contribution in [0.25, 0.3) is 0 Å². The predicted octanol–water partition coefficient (Wildman–Crippen LogP) is 4.27. The molecular formula is C24H34N4O3. The molecule has 2 fully saturated rings. The molecule has 2 aliphatic rings. The van der Waals surface area contributed by atoms with Crippen LogP contribution in [0.5, 0.6) is 11.5 Å². The molecule has 31 heavy (non-hydrogen) atoms. The molecule has 1 aromatic carbocycles. The number of benzene rings is 1. The van der Waals surface area contributed by atoms with Gasteiger partial charge in [-0.2, -0.15) is 0 Å². The fraction of sp³-hybridized carbons (Fsp3) is 0.458. The molecule has 0 bridgehead atoms. The van der Waals surface area contributed by atoms with Gasteiger partial charge in [-0.15, -0.1) is 0 Å². The van der Waals surface area contributed by atoms with E-state index in [1.54, 1.807) is 36.2 Å². The van der Waals surface area contributed by atoms with Gasteiger partial charge in [0.1, 0.15) is 17.2 Å². The van der Waals surface area contributed by atoms with Crippen molar-refractivity contribution in [3.8, 4) is 11.5 Å². The Morgan fingerprint density at radius 1 is 0.935 bits per heavy atom. The highest BCUT2D eigenvalue weighted by Gasteiger charge is 2.22. The molecule has 0 atom stereocenters. The molecule has 1 aromatic heterocycles. The third kappa shape index (κ3) is 6.98. The number of hydrogen-bond acceptors (Lipinski definition) is 5. The van der Waals surface area contributed by atoms with E-state index < -0.39 is 0 Å². The Morgan fingerprint density at radius 2 is 1.55 bits per heavy atom. The summed E-state index contributed by atoms with van der Waals surface area (Å²) >= 11 is 0. The molecule has 7 nitrogen and oxygen atoms in total. The lowest BCUT2D eigenvalue weighted by Crippen LogP contribution is -2.42. The minimum atomic E-state index is -0.0175. The first-order valence-corrected chi connectivity index (χ1v) is 11.0. The maximum atomic E-state index is 12.0. The van der Waals surface area contributed by atoms with Crippen molar-refractivity contribution >= 4 is 17.5 Å². The summed E-state index contributed by atoms with van der Waals surface area (Å²) in [5, 5.41) is 0. The van der Waals surface area contributed by atoms with Gasteiger partial charge in [-0.25, -0.2) is 4.98 Å². The van der Waals surface area contributed by atoms with Crippen molar-refractivity contribution in [2.24, 2.45) is 0 Å². The third-order valence-corrected chi connectivity index (χ3v) is 5.13. The third-order valence-electron chi connectivity index (χ3n) is 5.13. The molecule has 0 unspecified atom stereocenters. The highest BCUT2D eigenvalue weighted by molar-refractivity contribution is 5.92. The van der Waals surface area contributed by atoms with Gasteiger partial charge in [-0.05, 0) is 62.1 Å². The lowest BCUT2D eigenvalue weighted by molar-refractivity contribution is -0.127. The van der Waals surface area contributed by atoms with Gasteiger partial charge in [0, 0.05) is 38.8 Å². The van der Waals surface area contributed by atoms with Crippen LogP contribution in [0.2, 0.25) is 0 Å². The fourth-order valence-electron chi connectivity index (χ4n) is 3.13. The van der Waals surface area contributed by atoms with E-state index in [1.807, 2.05) is 37.8 Å². The molecule has 2 aromatic rings. The van der Waals surface area contributed by atoms with Crippen LogP contribution in [0.3, 0.4) is 0 Å². The molecular weight excluding hydrogens is 392 g/mol. The number of ether oxygens (including phenoxy) is 1. The molecule has 0 saturated carbocycles. The van der Waals surface area contributed by atoms with Crippen LogP contribution in [0.4, 0.5) is 5.69 Å². The number of pyridine rings is 1. The number of anilines is 1. The molecule has 4 rings (SSSR count). The number of aromatic nitrogens is 1. The molecule has 0 radical (unpaired) electrons. The molecule has 2 saturated heterocycles. The molecule has 2 aliphatic heterocycles. The Kier molecular flexibility index (Phi) is 9.31. The van der Waals surface area contributed by atoms with Crippen LogP contribution < -0.4 is 10.5 Å². The Balaban J connectivity index is 0.000000286. The minimum Gasteiger partial charge on any atom is -0.456 e. The largest absolute Gasteiger partial charge is 0.456 e. The van der Waals surface area contributed by atoms with Crippen molar-refractivity contribution in [1.82, 2.24) is 14.8 Å². The average molecular weight is 427 g/mol. The maximum Gasteiger partial charge on any atom is 0.272 e. The summed E-state index contributed by atoms with van der Waals surface area (Å²) in [6.07, 6.45) is 5.03. The summed E-state index contributed by atoms with van der Waals surface area (Å²) < 4.78 is 5.71. The number of nitrogens with zero attached hydrogens (tertiary/aromatic N) is 3. The summed E-state index contributed by atoms with van der Waals surface area (Å²) in [6, 6.07) is 8.93. The lowest BCUT2D eigenvalue weighted by Gasteiger charge is -2.30. The molecule has 0 spiro atoms. The Labute approximate surface area is 185 Å². The van der Waals surface area contributed by atoms with E-state index in [0.29, 0.717) is 17.2 Å². The van der Waals surface area contributed by atoms with Crippen LogP contribution >= 0.6 is 0 Å². The smallest absolute Gasteiger partial charge is 0.272 e. The van der Waals surface area contributed by atoms with Crippen molar-refractivity contribution in [2.75, 3.05) is 31.9 Å². The van der Waals surface area contributed by atoms with Crippen molar-refractivity contribution in [3.05, 3.63) is 47.8 Å². The monoisotopic (exact) mass is 426 g/mol. The maximum absolute atomic E-state index is 12.0. The van der Waals surface area contributed by atoms with Gasteiger partial charge < -0.3 is 20.3 Å². The summed E-state index contributed by atoms with van der Waals surface area (Å²) in [5.74, 6) is 1.50. The van der Waals surface area contributed by atoms with E-state index in [9.17, 15) is 9.59 Å². The zero-order valence-electron chi connectivity index (χ0n) is 19.1. The first-order chi connectivity index (χ1) is 14.9. The second-order valence-electron chi connectivity index (χ2n) is 7.36. The van der Waals surface area contributed by atoms with Crippen molar-refractivity contribution in [2.45, 2.75) is 47.0 Å². The van der Waals surface area contributed by atoms with E-state index in [4.69, 9.17) is 10.5 Å². The Hall–Kier alpha value is -3.09. The number of rotatable bonds is 3. The summed E-state index contributed by atoms with van der Waals surface area (Å²) in [5.41, 5.74) is 7.92. The molecule has 7 heteroatoms. The summed E-state index contributed by atoms with van der Waals surface area (Å²) in [4.78, 5) is 30.4. The van der Waals surface area contributed by atoms with Crippen LogP contribution in [-0.2, 0) is 4.79 Å². The number of nitrogens with two attached hydrogens (primary N) is 1. The van der Waals surface area contributed by atoms with Gasteiger partial charge in [0.05, 0.1) is 6.20 Å². The Morgan fingerprint density at radius 3 is 2.00 bits per heavy atom. The number of hydrogen-bond donors (Lipinski definition) is 1. The van der Waals surface area contributed by atoms with Crippen molar-refractivity contribution in [3.63, 3.8) is 0 Å². The fourth-order valence-corrected chi connectivity index (χ4v) is 3.13. The van der Waals surface area contributed by atoms with E-state index in [2.05, 4.69) is 4.98 Å². The van der Waals surface area contributed by atoms with E-state index in [1.165, 1.54) is 12.8 Å². The number of nitrogen functional groups attached to an aromatic ring is 1. The van der Waals surface area contributed by atoms with Crippen LogP contribution in [0.1, 0.15) is 56.1 Å². The number of likely N-dealkylation sites (tertiary alicyclic amines) is 2. The number of aryl methyl sites for hydroxylation is 1. The van der Waals surface area contributed by atoms with Gasteiger partial charge in [0.2, 0.25) is 5.91 Å². The average Bonchev–Trinajstić information content (AvgIpc) is 3.27. The number of carbonyl (C=O) groups excluding carboxylic acids is 2. The molecule has 2 amide bonds. The zero-order valence-corrected chi connectivity index (χ0v) is 19.1. The molecule has 168 valence electrons. The number of carbonyl (C=O) groups is 2. The minimum absolute atomic E-state index is 0.0175. The quantitative estimate of drug-likeness (QED) is 0.741. The molecule has 3 heterocycles. The van der Waals surface area contributed by atoms with Crippen LogP contribution in [0, 0.1) is 6.92 Å². The normalized spacial score (nSPS) is 14.5. The van der Waals surface area contributed by atoms with Gasteiger partial charge in [-0.3, -0.25) is 9.59 Å². The van der Waals surface area contributed by atoms with Crippen molar-refractivity contribution in [1.29, 1.82) is 0 Å². The van der Waals surface area contributed by atoms with Crippen molar-refractivity contribution < 1.29 is 14.3 Å². The van der Waals surface area contributed by atoms with Gasteiger partial charge >= 0.3 is 0 Å². The summed E-state index contributed by atoms with van der Waals surface area (Å²) in [6.45, 7) is 11.2. The molecule has 2 N–H and O–H groups in total. The van der Waals surface area contributed by atoms with E-state index in [-0.39, 0.29) is 11.8 Å². The Bertz CT molecular complexity index is 858. The SMILES string of the molecule is CC.CC(=O)N1CCCC1.Cc1cc(Oc2ccc(C(=O)N3CCC3)nc2)ccc1N. The van der Waals surface area contributed by atoms with Crippen LogP contribution in [0.15, 0.2) is 36.5 Å². The van der Waals surface area contributed by atoms with E-state index >= 15 is 0 Å².